The third-order valence-corrected chi connectivity index (χ3v) is 9.52. The Labute approximate surface area is 207 Å². The summed E-state index contributed by atoms with van der Waals surface area (Å²) in [6.45, 7) is 12.4. The number of carbonyl (C=O) groups is 1. The van der Waals surface area contributed by atoms with Gasteiger partial charge in [0.2, 0.25) is 5.91 Å². The predicted octanol–water partition coefficient (Wildman–Crippen LogP) is 1.82. The van der Waals surface area contributed by atoms with Crippen molar-refractivity contribution in [3.8, 4) is 6.07 Å². The molecule has 184 valence electrons. The summed E-state index contributed by atoms with van der Waals surface area (Å²) in [5.41, 5.74) is 1.85. The lowest BCUT2D eigenvalue weighted by molar-refractivity contribution is -0.136. The molecule has 0 aromatic carbocycles. The van der Waals surface area contributed by atoms with Crippen LogP contribution in [0.2, 0.25) is 0 Å². The third-order valence-electron chi connectivity index (χ3n) is 7.56. The SMILES string of the molecule is Cc1nnc(N2CC(C)(C)c3c(N4CCN(C(=O)[C@]5(C)CCS5=O)C(C)C4)ncnc32)cc1C#N. The van der Waals surface area contributed by atoms with Gasteiger partial charge in [-0.05, 0) is 27.2 Å². The molecule has 3 aliphatic rings. The summed E-state index contributed by atoms with van der Waals surface area (Å²) in [5, 5.41) is 18.0. The zero-order valence-corrected chi connectivity index (χ0v) is 21.6. The van der Waals surface area contributed by atoms with Gasteiger partial charge >= 0.3 is 0 Å². The molecule has 5 rings (SSSR count). The average molecular weight is 495 g/mol. The molecule has 2 aromatic rings. The number of hydrogen-bond acceptors (Lipinski definition) is 9. The maximum absolute atomic E-state index is 13.2. The minimum absolute atomic E-state index is 0.0000952. The van der Waals surface area contributed by atoms with E-state index in [4.69, 9.17) is 0 Å². The molecule has 11 heteroatoms. The number of nitrogens with zero attached hydrogens (tertiary/aromatic N) is 8. The van der Waals surface area contributed by atoms with Gasteiger partial charge in [0.05, 0.1) is 11.3 Å². The van der Waals surface area contributed by atoms with Crippen molar-refractivity contribution < 1.29 is 9.00 Å². The molecule has 0 saturated carbocycles. The van der Waals surface area contributed by atoms with Gasteiger partial charge in [-0.15, -0.1) is 5.10 Å². The second kappa shape index (κ2) is 8.22. The van der Waals surface area contributed by atoms with E-state index in [0.717, 1.165) is 17.2 Å². The van der Waals surface area contributed by atoms with Crippen LogP contribution in [0.4, 0.5) is 17.5 Å². The molecule has 0 spiro atoms. The molecule has 2 unspecified atom stereocenters. The highest BCUT2D eigenvalue weighted by atomic mass is 32.2. The van der Waals surface area contributed by atoms with Crippen LogP contribution >= 0.6 is 0 Å². The Morgan fingerprint density at radius 3 is 2.57 bits per heavy atom. The van der Waals surface area contributed by atoms with Crippen molar-refractivity contribution in [1.29, 1.82) is 5.26 Å². The van der Waals surface area contributed by atoms with Crippen molar-refractivity contribution in [2.24, 2.45) is 0 Å². The molecular weight excluding hydrogens is 464 g/mol. The number of aromatic nitrogens is 4. The topological polar surface area (TPSA) is 119 Å². The second-order valence-corrected chi connectivity index (χ2v) is 12.5. The Bertz CT molecular complexity index is 1270. The Hall–Kier alpha value is -3.13. The van der Waals surface area contributed by atoms with Crippen LogP contribution in [-0.4, -0.2) is 77.9 Å². The van der Waals surface area contributed by atoms with Crippen LogP contribution in [-0.2, 0) is 21.0 Å². The Morgan fingerprint density at radius 1 is 1.20 bits per heavy atom. The lowest BCUT2D eigenvalue weighted by atomic mass is 9.87. The first-order valence-electron chi connectivity index (χ1n) is 11.9. The van der Waals surface area contributed by atoms with Gasteiger partial charge in [-0.1, -0.05) is 13.8 Å². The molecule has 2 fully saturated rings. The number of anilines is 3. The fourth-order valence-corrected chi connectivity index (χ4v) is 6.59. The van der Waals surface area contributed by atoms with Crippen molar-refractivity contribution in [1.82, 2.24) is 25.1 Å². The lowest BCUT2D eigenvalue weighted by Gasteiger charge is -2.46. The van der Waals surface area contributed by atoms with Gasteiger partial charge < -0.3 is 14.7 Å². The zero-order valence-electron chi connectivity index (χ0n) is 20.8. The van der Waals surface area contributed by atoms with Gasteiger partial charge in [-0.3, -0.25) is 9.00 Å². The zero-order chi connectivity index (χ0) is 25.1. The molecule has 10 nitrogen and oxygen atoms in total. The van der Waals surface area contributed by atoms with Gasteiger partial charge in [-0.2, -0.15) is 10.4 Å². The van der Waals surface area contributed by atoms with Crippen LogP contribution in [0.5, 0.6) is 0 Å². The molecule has 2 aromatic heterocycles. The number of nitriles is 1. The van der Waals surface area contributed by atoms with E-state index in [1.807, 2.05) is 23.6 Å². The molecule has 1 amide bonds. The summed E-state index contributed by atoms with van der Waals surface area (Å²) in [4.78, 5) is 28.6. The van der Waals surface area contributed by atoms with E-state index in [1.54, 1.807) is 19.3 Å². The minimum Gasteiger partial charge on any atom is -0.352 e. The van der Waals surface area contributed by atoms with Gasteiger partial charge in [0, 0.05) is 65.8 Å². The minimum atomic E-state index is -1.09. The number of piperazine rings is 1. The van der Waals surface area contributed by atoms with E-state index in [-0.39, 0.29) is 17.4 Å². The second-order valence-electron chi connectivity index (χ2n) is 10.5. The first-order chi connectivity index (χ1) is 16.6. The van der Waals surface area contributed by atoms with E-state index >= 15 is 0 Å². The van der Waals surface area contributed by atoms with Crippen molar-refractivity contribution in [2.75, 3.05) is 41.7 Å². The Balaban J connectivity index is 1.44. The molecule has 0 bridgehead atoms. The number of fused-ring (bicyclic) bond motifs is 1. The first kappa shape index (κ1) is 23.6. The summed E-state index contributed by atoms with van der Waals surface area (Å²) in [6, 6.07) is 3.91. The highest BCUT2D eigenvalue weighted by Gasteiger charge is 2.50. The average Bonchev–Trinajstić information content (AvgIpc) is 3.13. The van der Waals surface area contributed by atoms with Crippen molar-refractivity contribution in [2.45, 2.75) is 57.2 Å². The van der Waals surface area contributed by atoms with E-state index in [1.165, 1.54) is 0 Å². The largest absolute Gasteiger partial charge is 0.352 e. The maximum Gasteiger partial charge on any atom is 0.241 e. The highest BCUT2D eigenvalue weighted by molar-refractivity contribution is 7.88. The fourth-order valence-electron chi connectivity index (χ4n) is 5.29. The Morgan fingerprint density at radius 2 is 1.94 bits per heavy atom. The van der Waals surface area contributed by atoms with E-state index in [2.05, 4.69) is 45.0 Å². The van der Waals surface area contributed by atoms with Gasteiger partial charge in [0.15, 0.2) is 5.82 Å². The van der Waals surface area contributed by atoms with Gasteiger partial charge in [-0.25, -0.2) is 9.97 Å². The lowest BCUT2D eigenvalue weighted by Crippen LogP contribution is -2.63. The molecule has 35 heavy (non-hydrogen) atoms. The predicted molar refractivity (Wildman–Crippen MR) is 133 cm³/mol. The molecule has 3 atom stereocenters. The van der Waals surface area contributed by atoms with Gasteiger partial charge in [0.1, 0.15) is 28.8 Å². The van der Waals surface area contributed by atoms with Crippen LogP contribution in [0.25, 0.3) is 0 Å². The van der Waals surface area contributed by atoms with E-state index < -0.39 is 15.5 Å². The Kier molecular flexibility index (Phi) is 5.55. The fraction of sp³-hybridized carbons (Fsp3) is 0.583. The number of aryl methyl sites for hydroxylation is 1. The van der Waals surface area contributed by atoms with E-state index in [0.29, 0.717) is 55.4 Å². The smallest absolute Gasteiger partial charge is 0.241 e. The van der Waals surface area contributed by atoms with Crippen LogP contribution in [0, 0.1) is 18.3 Å². The van der Waals surface area contributed by atoms with Crippen molar-refractivity contribution in [3.63, 3.8) is 0 Å². The summed E-state index contributed by atoms with van der Waals surface area (Å²) in [7, 11) is -1.09. The number of amides is 1. The first-order valence-corrected chi connectivity index (χ1v) is 13.2. The van der Waals surface area contributed by atoms with Crippen LogP contribution in [0.3, 0.4) is 0 Å². The summed E-state index contributed by atoms with van der Waals surface area (Å²) < 4.78 is 11.5. The number of rotatable bonds is 3. The van der Waals surface area contributed by atoms with E-state index in [9.17, 15) is 14.3 Å². The third kappa shape index (κ3) is 3.66. The monoisotopic (exact) mass is 494 g/mol. The summed E-state index contributed by atoms with van der Waals surface area (Å²) in [5.74, 6) is 2.83. The van der Waals surface area contributed by atoms with Gasteiger partial charge in [0.25, 0.3) is 0 Å². The molecule has 5 heterocycles. The molecular formula is C24H30N8O2S. The van der Waals surface area contributed by atoms with Crippen LogP contribution in [0.1, 0.15) is 50.9 Å². The van der Waals surface area contributed by atoms with Crippen molar-refractivity contribution >= 4 is 34.2 Å². The van der Waals surface area contributed by atoms with Crippen molar-refractivity contribution in [3.05, 3.63) is 29.2 Å². The van der Waals surface area contributed by atoms with Crippen LogP contribution in [0.15, 0.2) is 12.4 Å². The quantitative estimate of drug-likeness (QED) is 0.629. The summed E-state index contributed by atoms with van der Waals surface area (Å²) >= 11 is 0. The number of hydrogen-bond donors (Lipinski definition) is 0. The standard InChI is InChI=1S/C24H30N8O2S/c1-15-12-30(7-8-31(15)22(33)24(5)6-9-35(24)34)20-19-21(27-14-26-20)32(13-23(19,3)4)18-10-17(11-25)16(2)28-29-18/h10,14-15H,6-9,12-13H2,1-5H3/t15?,24-,35?/m0/s1. The molecule has 3 aliphatic heterocycles. The maximum atomic E-state index is 13.2. The summed E-state index contributed by atoms with van der Waals surface area (Å²) in [6.07, 6.45) is 2.25. The normalized spacial score (nSPS) is 27.3. The molecule has 0 radical (unpaired) electrons. The highest BCUT2D eigenvalue weighted by Crippen LogP contribution is 2.46. The molecule has 0 N–H and O–H groups in total. The molecule has 2 saturated heterocycles. The molecule has 0 aliphatic carbocycles. The van der Waals surface area contributed by atoms with Crippen LogP contribution < -0.4 is 9.80 Å². The number of carbonyl (C=O) groups excluding carboxylic acids is 1.